The van der Waals surface area contributed by atoms with E-state index in [4.69, 9.17) is 0 Å². The maximum atomic E-state index is 12.1. The molecule has 3 N–H and O–H groups in total. The molecule has 0 radical (unpaired) electrons. The van der Waals surface area contributed by atoms with Gasteiger partial charge in [0, 0.05) is 26.2 Å². The Morgan fingerprint density at radius 2 is 1.77 bits per heavy atom. The number of nitrogens with one attached hydrogen (secondary N) is 3. The second kappa shape index (κ2) is 11.7. The molecule has 3 aromatic rings. The number of aryl methyl sites for hydroxylation is 2. The van der Waals surface area contributed by atoms with Gasteiger partial charge >= 0.3 is 0 Å². The van der Waals surface area contributed by atoms with Crippen LogP contribution in [0.2, 0.25) is 0 Å². The summed E-state index contributed by atoms with van der Waals surface area (Å²) in [6, 6.07) is 18.3. The monoisotopic (exact) mass is 420 g/mol. The molecule has 0 aliphatic heterocycles. The van der Waals surface area contributed by atoms with Crippen LogP contribution in [0.25, 0.3) is 11.0 Å². The van der Waals surface area contributed by atoms with Gasteiger partial charge in [-0.25, -0.2) is 9.98 Å². The quantitative estimate of drug-likeness (QED) is 0.268. The van der Waals surface area contributed by atoms with Gasteiger partial charge in [-0.3, -0.25) is 4.79 Å². The highest BCUT2D eigenvalue weighted by Gasteiger charge is 2.06. The van der Waals surface area contributed by atoms with Crippen LogP contribution in [0.4, 0.5) is 0 Å². The van der Waals surface area contributed by atoms with Gasteiger partial charge in [-0.05, 0) is 44.4 Å². The number of guanidine groups is 1. The van der Waals surface area contributed by atoms with Crippen LogP contribution in [-0.4, -0.2) is 47.6 Å². The zero-order valence-corrected chi connectivity index (χ0v) is 18.4. The summed E-state index contributed by atoms with van der Waals surface area (Å²) < 4.78 is 2.24. The summed E-state index contributed by atoms with van der Waals surface area (Å²) in [5, 5.41) is 9.43. The molecule has 3 rings (SSSR count). The SMILES string of the molecule is CCNC(=NCC(=O)NCCc1ccccc1)NCCCn1c(C)nc2ccccc21. The van der Waals surface area contributed by atoms with Crippen LogP contribution in [0, 0.1) is 6.92 Å². The van der Waals surface area contributed by atoms with E-state index >= 15 is 0 Å². The second-order valence-corrected chi connectivity index (χ2v) is 7.36. The van der Waals surface area contributed by atoms with E-state index in [0.29, 0.717) is 12.5 Å². The molecule has 0 fully saturated rings. The molecule has 1 aromatic heterocycles. The number of rotatable bonds is 10. The van der Waals surface area contributed by atoms with Gasteiger partial charge in [-0.1, -0.05) is 42.5 Å². The summed E-state index contributed by atoms with van der Waals surface area (Å²) in [7, 11) is 0. The van der Waals surface area contributed by atoms with E-state index in [-0.39, 0.29) is 12.5 Å². The Morgan fingerprint density at radius 3 is 2.58 bits per heavy atom. The minimum atomic E-state index is -0.0753. The van der Waals surface area contributed by atoms with Crippen LogP contribution in [0.15, 0.2) is 59.6 Å². The number of hydrogen-bond acceptors (Lipinski definition) is 3. The van der Waals surface area contributed by atoms with Gasteiger partial charge < -0.3 is 20.5 Å². The molecule has 0 unspecified atom stereocenters. The van der Waals surface area contributed by atoms with Crippen molar-refractivity contribution >= 4 is 22.9 Å². The fraction of sp³-hybridized carbons (Fsp3) is 0.375. The third-order valence-corrected chi connectivity index (χ3v) is 5.00. The van der Waals surface area contributed by atoms with Gasteiger partial charge in [0.2, 0.25) is 5.91 Å². The number of amides is 1. The van der Waals surface area contributed by atoms with Crippen LogP contribution in [0.1, 0.15) is 24.7 Å². The highest BCUT2D eigenvalue weighted by molar-refractivity contribution is 5.84. The number of aliphatic imine (C=N–C) groups is 1. The van der Waals surface area contributed by atoms with Gasteiger partial charge in [0.1, 0.15) is 12.4 Å². The summed E-state index contributed by atoms with van der Waals surface area (Å²) >= 11 is 0. The van der Waals surface area contributed by atoms with E-state index < -0.39 is 0 Å². The molecule has 0 aliphatic rings. The van der Waals surface area contributed by atoms with Crippen LogP contribution in [-0.2, 0) is 17.8 Å². The zero-order valence-electron chi connectivity index (χ0n) is 18.4. The van der Waals surface area contributed by atoms with Crippen molar-refractivity contribution in [2.45, 2.75) is 33.2 Å². The molecule has 0 bridgehead atoms. The first-order valence-electron chi connectivity index (χ1n) is 10.9. The zero-order chi connectivity index (χ0) is 21.9. The molecule has 1 amide bonds. The molecule has 0 aliphatic carbocycles. The molecule has 0 spiro atoms. The number of carbonyl (C=O) groups is 1. The number of aromatic nitrogens is 2. The second-order valence-electron chi connectivity index (χ2n) is 7.36. The summed E-state index contributed by atoms with van der Waals surface area (Å²) in [4.78, 5) is 21.1. The normalized spacial score (nSPS) is 11.5. The Labute approximate surface area is 184 Å². The molecule has 2 aromatic carbocycles. The first-order chi connectivity index (χ1) is 15.2. The molecule has 7 heteroatoms. The molecule has 164 valence electrons. The number of carbonyl (C=O) groups excluding carboxylic acids is 1. The van der Waals surface area contributed by atoms with Crippen molar-refractivity contribution in [2.24, 2.45) is 4.99 Å². The Morgan fingerprint density at radius 1 is 1.00 bits per heavy atom. The lowest BCUT2D eigenvalue weighted by atomic mass is 10.1. The minimum absolute atomic E-state index is 0.0753. The summed E-state index contributed by atoms with van der Waals surface area (Å²) in [6.45, 7) is 7.14. The molecule has 31 heavy (non-hydrogen) atoms. The van der Waals surface area contributed by atoms with E-state index in [0.717, 1.165) is 49.3 Å². The Hall–Kier alpha value is -3.35. The summed E-state index contributed by atoms with van der Waals surface area (Å²) in [6.07, 6.45) is 1.74. The summed E-state index contributed by atoms with van der Waals surface area (Å²) in [5.41, 5.74) is 3.40. The predicted octanol–water partition coefficient (Wildman–Crippen LogP) is 2.65. The molecular formula is C24H32N6O. The maximum absolute atomic E-state index is 12.1. The van der Waals surface area contributed by atoms with Crippen LogP contribution in [0.3, 0.4) is 0 Å². The standard InChI is InChI=1S/C24H32N6O/c1-3-25-24(28-18-23(31)26-16-14-20-10-5-4-6-11-20)27-15-9-17-30-19(2)29-21-12-7-8-13-22(21)30/h4-8,10-13H,3,9,14-18H2,1-2H3,(H,26,31)(H2,25,27,28). The first kappa shape index (κ1) is 22.3. The number of hydrogen-bond donors (Lipinski definition) is 3. The predicted molar refractivity (Wildman–Crippen MR) is 126 cm³/mol. The van der Waals surface area contributed by atoms with Crippen molar-refractivity contribution in [3.8, 4) is 0 Å². The lowest BCUT2D eigenvalue weighted by Crippen LogP contribution is -2.39. The fourth-order valence-corrected chi connectivity index (χ4v) is 3.46. The van der Waals surface area contributed by atoms with Crippen LogP contribution >= 0.6 is 0 Å². The first-order valence-corrected chi connectivity index (χ1v) is 10.9. The highest BCUT2D eigenvalue weighted by Crippen LogP contribution is 2.15. The third kappa shape index (κ3) is 6.84. The lowest BCUT2D eigenvalue weighted by Gasteiger charge is -2.12. The van der Waals surface area contributed by atoms with Gasteiger partial charge in [0.25, 0.3) is 0 Å². The summed E-state index contributed by atoms with van der Waals surface area (Å²) in [5.74, 6) is 1.61. The van der Waals surface area contributed by atoms with E-state index in [1.807, 2.05) is 50.2 Å². The van der Waals surface area contributed by atoms with Crippen molar-refractivity contribution in [3.63, 3.8) is 0 Å². The molecule has 0 atom stereocenters. The number of nitrogens with zero attached hydrogens (tertiary/aromatic N) is 3. The number of para-hydroxylation sites is 2. The van der Waals surface area contributed by atoms with Crippen molar-refractivity contribution < 1.29 is 4.79 Å². The fourth-order valence-electron chi connectivity index (χ4n) is 3.46. The number of imidazole rings is 1. The van der Waals surface area contributed by atoms with Crippen molar-refractivity contribution in [3.05, 3.63) is 66.0 Å². The molecular weight excluding hydrogens is 388 g/mol. The van der Waals surface area contributed by atoms with E-state index in [2.05, 4.69) is 48.7 Å². The van der Waals surface area contributed by atoms with E-state index in [9.17, 15) is 4.79 Å². The molecule has 0 saturated heterocycles. The Kier molecular flexibility index (Phi) is 8.46. The average Bonchev–Trinajstić information content (AvgIpc) is 3.10. The lowest BCUT2D eigenvalue weighted by molar-refractivity contribution is -0.119. The average molecular weight is 421 g/mol. The van der Waals surface area contributed by atoms with Crippen LogP contribution < -0.4 is 16.0 Å². The van der Waals surface area contributed by atoms with Gasteiger partial charge in [-0.2, -0.15) is 0 Å². The largest absolute Gasteiger partial charge is 0.357 e. The van der Waals surface area contributed by atoms with Gasteiger partial charge in [-0.15, -0.1) is 0 Å². The molecule has 1 heterocycles. The van der Waals surface area contributed by atoms with E-state index in [1.54, 1.807) is 0 Å². The molecule has 0 saturated carbocycles. The van der Waals surface area contributed by atoms with Gasteiger partial charge in [0.15, 0.2) is 5.96 Å². The highest BCUT2D eigenvalue weighted by atomic mass is 16.1. The Bertz CT molecular complexity index is 996. The van der Waals surface area contributed by atoms with Crippen molar-refractivity contribution in [1.29, 1.82) is 0 Å². The number of fused-ring (bicyclic) bond motifs is 1. The Balaban J connectivity index is 1.41. The minimum Gasteiger partial charge on any atom is -0.357 e. The van der Waals surface area contributed by atoms with E-state index in [1.165, 1.54) is 5.56 Å². The van der Waals surface area contributed by atoms with Crippen LogP contribution in [0.5, 0.6) is 0 Å². The maximum Gasteiger partial charge on any atom is 0.241 e. The number of benzene rings is 2. The third-order valence-electron chi connectivity index (χ3n) is 5.00. The molecule has 7 nitrogen and oxygen atoms in total. The van der Waals surface area contributed by atoms with Crippen molar-refractivity contribution in [2.75, 3.05) is 26.2 Å². The smallest absolute Gasteiger partial charge is 0.241 e. The van der Waals surface area contributed by atoms with Crippen molar-refractivity contribution in [1.82, 2.24) is 25.5 Å². The topological polar surface area (TPSA) is 83.3 Å². The van der Waals surface area contributed by atoms with Gasteiger partial charge in [0.05, 0.1) is 11.0 Å².